The summed E-state index contributed by atoms with van der Waals surface area (Å²) in [5, 5.41) is 0. The molecule has 0 bridgehead atoms. The fraction of sp³-hybridized carbons (Fsp3) is 0.654. The van der Waals surface area contributed by atoms with Crippen LogP contribution in [0.15, 0.2) is 24.3 Å². The van der Waals surface area contributed by atoms with Crippen molar-refractivity contribution in [1.29, 1.82) is 0 Å². The molecule has 3 saturated heterocycles. The van der Waals surface area contributed by atoms with E-state index < -0.39 is 11.8 Å². The van der Waals surface area contributed by atoms with Gasteiger partial charge in [0.05, 0.1) is 13.7 Å². The second-order valence-electron chi connectivity index (χ2n) is 10.3. The summed E-state index contributed by atoms with van der Waals surface area (Å²) in [6, 6.07) is 6.33. The molecule has 3 heterocycles. The van der Waals surface area contributed by atoms with Gasteiger partial charge in [-0.05, 0) is 31.2 Å². The molecule has 35 heavy (non-hydrogen) atoms. The highest BCUT2D eigenvalue weighted by atomic mass is 16.5. The van der Waals surface area contributed by atoms with Crippen molar-refractivity contribution in [1.82, 2.24) is 19.6 Å². The number of carbonyl (C=O) groups excluding carboxylic acids is 3. The van der Waals surface area contributed by atoms with Gasteiger partial charge in [0.15, 0.2) is 0 Å². The lowest BCUT2D eigenvalue weighted by Crippen LogP contribution is -2.61. The van der Waals surface area contributed by atoms with Crippen molar-refractivity contribution in [3.63, 3.8) is 0 Å². The number of benzene rings is 1. The monoisotopic (exact) mass is 486 g/mol. The van der Waals surface area contributed by atoms with Gasteiger partial charge >= 0.3 is 0 Å². The van der Waals surface area contributed by atoms with E-state index in [1.807, 2.05) is 30.7 Å². The van der Waals surface area contributed by atoms with Crippen molar-refractivity contribution in [2.45, 2.75) is 44.9 Å². The van der Waals surface area contributed by atoms with E-state index >= 15 is 0 Å². The van der Waals surface area contributed by atoms with E-state index in [9.17, 15) is 14.4 Å². The van der Waals surface area contributed by atoms with Gasteiger partial charge in [0, 0.05) is 64.1 Å². The van der Waals surface area contributed by atoms with Gasteiger partial charge in [-0.3, -0.25) is 19.3 Å². The van der Waals surface area contributed by atoms with E-state index in [4.69, 9.17) is 9.47 Å². The van der Waals surface area contributed by atoms with Crippen molar-refractivity contribution in [2.24, 2.45) is 5.92 Å². The standard InChI is InChI=1S/C26H38N4O5/c1-19(2)16-23(31)28-10-8-26(9-11-28)30(24(32)20-6-5-7-21(17-20)34-4)22(18-35-26)25(33)29-14-12-27(3)13-15-29/h5-7,17,19,22H,8-16,18H2,1-4H3. The quantitative estimate of drug-likeness (QED) is 0.630. The van der Waals surface area contributed by atoms with Crippen LogP contribution in [0.2, 0.25) is 0 Å². The number of hydrogen-bond acceptors (Lipinski definition) is 6. The first-order valence-electron chi connectivity index (χ1n) is 12.6. The van der Waals surface area contributed by atoms with Crippen molar-refractivity contribution >= 4 is 17.7 Å². The van der Waals surface area contributed by atoms with Crippen LogP contribution < -0.4 is 4.74 Å². The first-order valence-corrected chi connectivity index (χ1v) is 12.6. The molecular formula is C26H38N4O5. The Labute approximate surface area is 207 Å². The second-order valence-corrected chi connectivity index (χ2v) is 10.3. The summed E-state index contributed by atoms with van der Waals surface area (Å²) in [6.45, 7) is 8.13. The van der Waals surface area contributed by atoms with Crippen LogP contribution in [0.5, 0.6) is 5.75 Å². The van der Waals surface area contributed by atoms with Crippen molar-refractivity contribution in [2.75, 3.05) is 60.0 Å². The summed E-state index contributed by atoms with van der Waals surface area (Å²) < 4.78 is 11.7. The SMILES string of the molecule is COc1cccc(C(=O)N2C(C(=O)N3CCN(C)CC3)COC23CCN(C(=O)CC(C)C)CC3)c1. The van der Waals surface area contributed by atoms with E-state index in [2.05, 4.69) is 4.90 Å². The van der Waals surface area contributed by atoms with Gasteiger partial charge in [0.1, 0.15) is 17.5 Å². The number of piperidine rings is 1. The van der Waals surface area contributed by atoms with Crippen LogP contribution in [0.3, 0.4) is 0 Å². The summed E-state index contributed by atoms with van der Waals surface area (Å²) in [6.07, 6.45) is 1.48. The molecule has 1 aromatic rings. The third-order valence-electron chi connectivity index (χ3n) is 7.38. The molecule has 1 unspecified atom stereocenters. The average Bonchev–Trinajstić information content (AvgIpc) is 3.21. The molecule has 3 aliphatic heterocycles. The van der Waals surface area contributed by atoms with Gasteiger partial charge in [0.2, 0.25) is 11.8 Å². The second kappa shape index (κ2) is 10.5. The number of amides is 3. The molecule has 1 spiro atoms. The highest BCUT2D eigenvalue weighted by molar-refractivity contribution is 5.98. The van der Waals surface area contributed by atoms with Crippen LogP contribution in [0.4, 0.5) is 0 Å². The molecule has 3 fully saturated rings. The Morgan fingerprint density at radius 1 is 1.06 bits per heavy atom. The van der Waals surface area contributed by atoms with Crippen LogP contribution in [-0.2, 0) is 14.3 Å². The smallest absolute Gasteiger partial charge is 0.257 e. The number of methoxy groups -OCH3 is 1. The van der Waals surface area contributed by atoms with Crippen LogP contribution in [0, 0.1) is 5.92 Å². The minimum absolute atomic E-state index is 0.0652. The van der Waals surface area contributed by atoms with Gasteiger partial charge in [-0.15, -0.1) is 0 Å². The molecule has 9 heteroatoms. The molecule has 1 aromatic carbocycles. The van der Waals surface area contributed by atoms with E-state index in [0.717, 1.165) is 13.1 Å². The molecule has 9 nitrogen and oxygen atoms in total. The van der Waals surface area contributed by atoms with Gasteiger partial charge in [-0.25, -0.2) is 0 Å². The third kappa shape index (κ3) is 5.30. The lowest BCUT2D eigenvalue weighted by molar-refractivity contribution is -0.146. The number of nitrogens with zero attached hydrogens (tertiary/aromatic N) is 4. The predicted molar refractivity (Wildman–Crippen MR) is 131 cm³/mol. The fourth-order valence-electron chi connectivity index (χ4n) is 5.27. The lowest BCUT2D eigenvalue weighted by atomic mass is 9.95. The van der Waals surface area contributed by atoms with Gasteiger partial charge in [0.25, 0.3) is 5.91 Å². The number of likely N-dealkylation sites (N-methyl/N-ethyl adjacent to an activating group) is 1. The van der Waals surface area contributed by atoms with Crippen molar-refractivity contribution in [3.05, 3.63) is 29.8 Å². The zero-order valence-electron chi connectivity index (χ0n) is 21.4. The summed E-state index contributed by atoms with van der Waals surface area (Å²) in [5.41, 5.74) is -0.439. The third-order valence-corrected chi connectivity index (χ3v) is 7.38. The number of hydrogen-bond donors (Lipinski definition) is 0. The Kier molecular flexibility index (Phi) is 7.66. The molecule has 0 radical (unpaired) electrons. The van der Waals surface area contributed by atoms with E-state index in [1.54, 1.807) is 36.3 Å². The predicted octanol–water partition coefficient (Wildman–Crippen LogP) is 1.68. The molecule has 3 amide bonds. The zero-order chi connectivity index (χ0) is 25.2. The maximum atomic E-state index is 13.9. The Balaban J connectivity index is 1.59. The molecule has 1 atom stereocenters. The Bertz CT molecular complexity index is 935. The highest BCUT2D eigenvalue weighted by Gasteiger charge is 2.55. The first kappa shape index (κ1) is 25.4. The van der Waals surface area contributed by atoms with E-state index in [0.29, 0.717) is 56.8 Å². The summed E-state index contributed by atoms with van der Waals surface area (Å²) in [7, 11) is 3.61. The zero-order valence-corrected chi connectivity index (χ0v) is 21.4. The van der Waals surface area contributed by atoms with Gasteiger partial charge in [-0.2, -0.15) is 0 Å². The molecule has 192 valence electrons. The number of carbonyl (C=O) groups is 3. The Hall–Kier alpha value is -2.65. The van der Waals surface area contributed by atoms with Gasteiger partial charge < -0.3 is 24.2 Å². The number of likely N-dealkylation sites (tertiary alicyclic amines) is 1. The number of piperazine rings is 1. The molecule has 3 aliphatic rings. The number of rotatable bonds is 5. The van der Waals surface area contributed by atoms with Crippen LogP contribution in [0.1, 0.15) is 43.5 Å². The summed E-state index contributed by atoms with van der Waals surface area (Å²) in [5.74, 6) is 0.697. The van der Waals surface area contributed by atoms with Crippen molar-refractivity contribution in [3.8, 4) is 5.75 Å². The Morgan fingerprint density at radius 2 is 1.74 bits per heavy atom. The maximum Gasteiger partial charge on any atom is 0.257 e. The Morgan fingerprint density at radius 3 is 2.37 bits per heavy atom. The summed E-state index contributed by atoms with van der Waals surface area (Å²) in [4.78, 5) is 47.8. The van der Waals surface area contributed by atoms with Crippen LogP contribution in [-0.4, -0.2) is 109 Å². The van der Waals surface area contributed by atoms with E-state index in [-0.39, 0.29) is 30.2 Å². The van der Waals surface area contributed by atoms with Crippen LogP contribution in [0.25, 0.3) is 0 Å². The topological polar surface area (TPSA) is 82.6 Å². The van der Waals surface area contributed by atoms with Gasteiger partial charge in [-0.1, -0.05) is 19.9 Å². The van der Waals surface area contributed by atoms with E-state index in [1.165, 1.54) is 0 Å². The normalized spacial score (nSPS) is 22.7. The minimum atomic E-state index is -0.901. The fourth-order valence-corrected chi connectivity index (χ4v) is 5.27. The first-order chi connectivity index (χ1) is 16.7. The van der Waals surface area contributed by atoms with Crippen molar-refractivity contribution < 1.29 is 23.9 Å². The largest absolute Gasteiger partial charge is 0.497 e. The van der Waals surface area contributed by atoms with Crippen LogP contribution >= 0.6 is 0 Å². The molecule has 0 N–H and O–H groups in total. The molecule has 4 rings (SSSR count). The minimum Gasteiger partial charge on any atom is -0.497 e. The molecule has 0 aliphatic carbocycles. The molecule has 0 aromatic heterocycles. The molecular weight excluding hydrogens is 448 g/mol. The highest BCUT2D eigenvalue weighted by Crippen LogP contribution is 2.39. The maximum absolute atomic E-state index is 13.9. The summed E-state index contributed by atoms with van der Waals surface area (Å²) >= 11 is 0. The molecule has 0 saturated carbocycles. The average molecular weight is 487 g/mol. The lowest BCUT2D eigenvalue weighted by Gasteiger charge is -2.45. The number of ether oxygens (including phenoxy) is 2.